The Morgan fingerprint density at radius 2 is 1.82 bits per heavy atom. The molecule has 1 atom stereocenters. The monoisotopic (exact) mass is 533 g/mol. The minimum atomic E-state index is -1.68. The molecule has 2 heterocycles. The maximum Gasteiger partial charge on any atom is 0.257 e. The van der Waals surface area contributed by atoms with E-state index in [2.05, 4.69) is 15.6 Å². The lowest BCUT2D eigenvalue weighted by Crippen LogP contribution is -2.47. The van der Waals surface area contributed by atoms with Crippen molar-refractivity contribution in [3.8, 4) is 16.9 Å². The number of benzene rings is 3. The van der Waals surface area contributed by atoms with Crippen molar-refractivity contribution >= 4 is 22.7 Å². The Balaban J connectivity index is 1.50. The second kappa shape index (κ2) is 10.5. The minimum Gasteiger partial charge on any atom is -0.492 e. The number of carbonyl (C=O) groups is 2. The third kappa shape index (κ3) is 5.63. The number of aromatic amines is 1. The van der Waals surface area contributed by atoms with Crippen LogP contribution in [0.3, 0.4) is 0 Å². The van der Waals surface area contributed by atoms with Gasteiger partial charge in [0.25, 0.3) is 11.8 Å². The molecule has 2 amide bonds. The lowest BCUT2D eigenvalue weighted by Gasteiger charge is -2.26. The van der Waals surface area contributed by atoms with Gasteiger partial charge in [-0.05, 0) is 97.0 Å². The number of ether oxygens (including phenoxy) is 1. The lowest BCUT2D eigenvalue weighted by molar-refractivity contribution is 0.0234. The normalized spacial score (nSPS) is 14.6. The SMILES string of the molecule is CNC(=O)c1cc(F)cc(-c2cc3c(c(C(=O)NC(C)(O)Cc4c[nH]c5ccc(F)cc45)c2)OCCCC3)c1. The van der Waals surface area contributed by atoms with E-state index >= 15 is 0 Å². The van der Waals surface area contributed by atoms with E-state index in [0.29, 0.717) is 46.4 Å². The number of hydrogen-bond acceptors (Lipinski definition) is 4. The molecule has 5 rings (SSSR count). The number of carbonyl (C=O) groups excluding carboxylic acids is 2. The van der Waals surface area contributed by atoms with Crippen molar-refractivity contribution in [3.05, 3.63) is 88.6 Å². The Bertz CT molecular complexity index is 1580. The molecule has 1 aliphatic heterocycles. The van der Waals surface area contributed by atoms with Crippen LogP contribution >= 0.6 is 0 Å². The van der Waals surface area contributed by atoms with Gasteiger partial charge in [-0.2, -0.15) is 0 Å². The van der Waals surface area contributed by atoms with Crippen molar-refractivity contribution in [2.75, 3.05) is 13.7 Å². The van der Waals surface area contributed by atoms with Gasteiger partial charge < -0.3 is 25.5 Å². The molecule has 39 heavy (non-hydrogen) atoms. The third-order valence-electron chi connectivity index (χ3n) is 6.86. The van der Waals surface area contributed by atoms with Gasteiger partial charge in [0.2, 0.25) is 0 Å². The largest absolute Gasteiger partial charge is 0.492 e. The minimum absolute atomic E-state index is 0.0182. The molecule has 0 fully saturated rings. The molecular weight excluding hydrogens is 504 g/mol. The summed E-state index contributed by atoms with van der Waals surface area (Å²) >= 11 is 0. The molecule has 0 spiro atoms. The molecular formula is C30H29F2N3O4. The summed E-state index contributed by atoms with van der Waals surface area (Å²) in [5.41, 5.74) is 1.78. The lowest BCUT2D eigenvalue weighted by atomic mass is 9.94. The van der Waals surface area contributed by atoms with E-state index in [1.165, 1.54) is 32.2 Å². The van der Waals surface area contributed by atoms with Crippen molar-refractivity contribution in [3.63, 3.8) is 0 Å². The summed E-state index contributed by atoms with van der Waals surface area (Å²) in [6.07, 6.45) is 4.00. The Morgan fingerprint density at radius 3 is 2.62 bits per heavy atom. The van der Waals surface area contributed by atoms with Crippen LogP contribution in [0, 0.1) is 11.6 Å². The van der Waals surface area contributed by atoms with Gasteiger partial charge in [-0.3, -0.25) is 9.59 Å². The second-order valence-electron chi connectivity index (χ2n) is 10.0. The molecule has 4 aromatic rings. The highest BCUT2D eigenvalue weighted by Gasteiger charge is 2.29. The van der Waals surface area contributed by atoms with Gasteiger partial charge in [0.15, 0.2) is 0 Å². The van der Waals surface area contributed by atoms with Crippen LogP contribution in [0.2, 0.25) is 0 Å². The first kappa shape index (κ1) is 26.4. The van der Waals surface area contributed by atoms with E-state index in [1.54, 1.807) is 24.4 Å². The Kier molecular flexibility index (Phi) is 7.10. The van der Waals surface area contributed by atoms with Crippen LogP contribution in [0.15, 0.2) is 54.7 Å². The number of fused-ring (bicyclic) bond motifs is 2. The molecule has 3 aromatic carbocycles. The standard InChI is InChI=1S/C30H29F2N3O4/c1-30(38,15-21-16-34-26-7-6-22(31)14-24(21)26)35-29(37)25-13-19(9-17-5-3-4-8-39-27(17)25)18-10-20(28(36)33-2)12-23(32)11-18/h6-7,9-14,16,34,38H,3-5,8,15H2,1-2H3,(H,33,36)(H,35,37). The fourth-order valence-electron chi connectivity index (χ4n) is 5.03. The van der Waals surface area contributed by atoms with Gasteiger partial charge in [0, 0.05) is 36.1 Å². The number of halogens is 2. The zero-order chi connectivity index (χ0) is 27.7. The zero-order valence-corrected chi connectivity index (χ0v) is 21.7. The molecule has 1 aliphatic rings. The molecule has 1 unspecified atom stereocenters. The summed E-state index contributed by atoms with van der Waals surface area (Å²) in [5, 5.41) is 17.0. The van der Waals surface area contributed by atoms with Gasteiger partial charge in [-0.15, -0.1) is 0 Å². The fourth-order valence-corrected chi connectivity index (χ4v) is 5.03. The summed E-state index contributed by atoms with van der Waals surface area (Å²) < 4.78 is 34.3. The van der Waals surface area contributed by atoms with Crippen LogP contribution < -0.4 is 15.4 Å². The summed E-state index contributed by atoms with van der Waals surface area (Å²) in [5.74, 6) is -1.57. The molecule has 0 bridgehead atoms. The van der Waals surface area contributed by atoms with Crippen LogP contribution in [0.1, 0.15) is 51.6 Å². The predicted octanol–water partition coefficient (Wildman–Crippen LogP) is 4.87. The van der Waals surface area contributed by atoms with Crippen molar-refractivity contribution in [2.24, 2.45) is 0 Å². The van der Waals surface area contributed by atoms with Gasteiger partial charge in [-0.1, -0.05) is 0 Å². The number of aliphatic hydroxyl groups is 1. The summed E-state index contributed by atoms with van der Waals surface area (Å²) in [6, 6.07) is 11.8. The number of aromatic nitrogens is 1. The smallest absolute Gasteiger partial charge is 0.257 e. The van der Waals surface area contributed by atoms with E-state index < -0.39 is 29.2 Å². The first-order chi connectivity index (χ1) is 18.6. The molecule has 0 aliphatic carbocycles. The van der Waals surface area contributed by atoms with Crippen molar-refractivity contribution in [1.82, 2.24) is 15.6 Å². The topological polar surface area (TPSA) is 103 Å². The van der Waals surface area contributed by atoms with Gasteiger partial charge in [-0.25, -0.2) is 8.78 Å². The quantitative estimate of drug-likeness (QED) is 0.266. The summed E-state index contributed by atoms with van der Waals surface area (Å²) in [7, 11) is 1.47. The average molecular weight is 534 g/mol. The van der Waals surface area contributed by atoms with E-state index in [1.807, 2.05) is 6.07 Å². The number of rotatable bonds is 6. The number of H-pyrrole nitrogens is 1. The maximum atomic E-state index is 14.5. The van der Waals surface area contributed by atoms with Crippen LogP contribution in [-0.2, 0) is 12.8 Å². The van der Waals surface area contributed by atoms with Crippen LogP contribution in [0.4, 0.5) is 8.78 Å². The highest BCUT2D eigenvalue weighted by Crippen LogP contribution is 2.35. The summed E-state index contributed by atoms with van der Waals surface area (Å²) in [4.78, 5) is 28.8. The number of hydrogen-bond donors (Lipinski definition) is 4. The van der Waals surface area contributed by atoms with Crippen molar-refractivity contribution in [2.45, 2.75) is 38.3 Å². The Morgan fingerprint density at radius 1 is 1.03 bits per heavy atom. The number of nitrogens with one attached hydrogen (secondary N) is 3. The van der Waals surface area contributed by atoms with Gasteiger partial charge >= 0.3 is 0 Å². The maximum absolute atomic E-state index is 14.5. The summed E-state index contributed by atoms with van der Waals surface area (Å²) in [6.45, 7) is 1.90. The fraction of sp³-hybridized carbons (Fsp3) is 0.267. The van der Waals surface area contributed by atoms with Gasteiger partial charge in [0.1, 0.15) is 23.1 Å². The predicted molar refractivity (Wildman–Crippen MR) is 144 cm³/mol. The highest BCUT2D eigenvalue weighted by atomic mass is 19.1. The molecule has 0 saturated heterocycles. The van der Waals surface area contributed by atoms with Crippen molar-refractivity contribution in [1.29, 1.82) is 0 Å². The molecule has 9 heteroatoms. The van der Waals surface area contributed by atoms with Crippen LogP contribution in [-0.4, -0.2) is 41.3 Å². The van der Waals surface area contributed by atoms with E-state index in [0.717, 1.165) is 24.5 Å². The third-order valence-corrected chi connectivity index (χ3v) is 6.86. The zero-order valence-electron chi connectivity index (χ0n) is 21.7. The molecule has 4 N–H and O–H groups in total. The molecule has 7 nitrogen and oxygen atoms in total. The second-order valence-corrected chi connectivity index (χ2v) is 10.0. The number of amides is 2. The average Bonchev–Trinajstić information content (AvgIpc) is 3.12. The molecule has 0 saturated carbocycles. The molecule has 1 aromatic heterocycles. The Labute approximate surface area is 224 Å². The van der Waals surface area contributed by atoms with Crippen LogP contribution in [0.5, 0.6) is 5.75 Å². The van der Waals surface area contributed by atoms with E-state index in [9.17, 15) is 23.5 Å². The molecule has 202 valence electrons. The van der Waals surface area contributed by atoms with E-state index in [4.69, 9.17) is 4.74 Å². The first-order valence-electron chi connectivity index (χ1n) is 12.8. The Hall–Kier alpha value is -4.24. The van der Waals surface area contributed by atoms with E-state index in [-0.39, 0.29) is 17.5 Å². The van der Waals surface area contributed by atoms with Gasteiger partial charge in [0.05, 0.1) is 12.2 Å². The molecule has 0 radical (unpaired) electrons. The van der Waals surface area contributed by atoms with Crippen LogP contribution in [0.25, 0.3) is 22.0 Å². The first-order valence-corrected chi connectivity index (χ1v) is 12.8. The van der Waals surface area contributed by atoms with Crippen molar-refractivity contribution < 1.29 is 28.2 Å². The highest BCUT2D eigenvalue weighted by molar-refractivity contribution is 6.00. The number of aryl methyl sites for hydroxylation is 1.